The second-order valence-electron chi connectivity index (χ2n) is 5.42. The van der Waals surface area contributed by atoms with Crippen LogP contribution in [0.4, 0.5) is 0 Å². The van der Waals surface area contributed by atoms with E-state index in [1.165, 1.54) is 0 Å². The van der Waals surface area contributed by atoms with Crippen molar-refractivity contribution in [2.45, 2.75) is 19.6 Å². The van der Waals surface area contributed by atoms with Gasteiger partial charge in [-0.25, -0.2) is 0 Å². The molecule has 0 heterocycles. The molecule has 6 heteroatoms. The topological polar surface area (TPSA) is 55.6 Å². The van der Waals surface area contributed by atoms with E-state index in [4.69, 9.17) is 10.5 Å². The number of halogens is 2. The van der Waals surface area contributed by atoms with Gasteiger partial charge in [-0.1, -0.05) is 24.3 Å². The molecule has 1 unspecified atom stereocenters. The number of rotatable bonds is 6. The van der Waals surface area contributed by atoms with Gasteiger partial charge in [0.25, 0.3) is 5.91 Å². The molecule has 130 valence electrons. The molecule has 0 saturated carbocycles. The van der Waals surface area contributed by atoms with Gasteiger partial charge >= 0.3 is 0 Å². The molecule has 0 spiro atoms. The molecule has 2 N–H and O–H groups in total. The summed E-state index contributed by atoms with van der Waals surface area (Å²) in [6.07, 6.45) is 0. The van der Waals surface area contributed by atoms with Crippen molar-refractivity contribution in [3.05, 3.63) is 64.1 Å². The number of carbonyl (C=O) groups excluding carboxylic acids is 1. The third-order valence-electron chi connectivity index (χ3n) is 3.75. The minimum absolute atomic E-state index is 0. The smallest absolute Gasteiger partial charge is 0.253 e. The Hall–Kier alpha value is -1.56. The number of nitrogens with two attached hydrogens (primary N) is 1. The Bertz CT molecular complexity index is 664. The average molecular weight is 414 g/mol. The first-order valence-electron chi connectivity index (χ1n) is 7.46. The molecule has 4 nitrogen and oxygen atoms in total. The number of ether oxygens (including phenoxy) is 1. The Balaban J connectivity index is 0.00000288. The van der Waals surface area contributed by atoms with E-state index in [2.05, 4.69) is 15.9 Å². The number of para-hydroxylation sites is 1. The van der Waals surface area contributed by atoms with E-state index in [-0.39, 0.29) is 24.4 Å². The molecule has 24 heavy (non-hydrogen) atoms. The predicted octanol–water partition coefficient (Wildman–Crippen LogP) is 3.87. The first-order chi connectivity index (χ1) is 11.0. The number of nitrogens with zero attached hydrogens (tertiary/aromatic N) is 1. The summed E-state index contributed by atoms with van der Waals surface area (Å²) >= 11 is 3.45. The van der Waals surface area contributed by atoms with Crippen LogP contribution in [0, 0.1) is 0 Å². The molecular weight excluding hydrogens is 392 g/mol. The lowest BCUT2D eigenvalue weighted by Crippen LogP contribution is -2.39. The molecule has 2 rings (SSSR count). The molecule has 2 aromatic rings. The van der Waals surface area contributed by atoms with Crippen molar-refractivity contribution < 1.29 is 9.53 Å². The van der Waals surface area contributed by atoms with Crippen LogP contribution in [-0.2, 0) is 6.61 Å². The van der Waals surface area contributed by atoms with Crippen molar-refractivity contribution in [3.8, 4) is 5.75 Å². The van der Waals surface area contributed by atoms with Crippen LogP contribution in [0.25, 0.3) is 0 Å². The van der Waals surface area contributed by atoms with Crippen molar-refractivity contribution in [1.29, 1.82) is 0 Å². The number of amides is 1. The number of hydrogen-bond acceptors (Lipinski definition) is 3. The Morgan fingerprint density at radius 1 is 1.21 bits per heavy atom. The molecule has 0 aliphatic carbocycles. The van der Waals surface area contributed by atoms with E-state index >= 15 is 0 Å². The molecular formula is C18H22BrClN2O2. The largest absolute Gasteiger partial charge is 0.488 e. The van der Waals surface area contributed by atoms with Gasteiger partial charge in [-0.2, -0.15) is 0 Å². The number of carbonyl (C=O) groups is 1. The molecule has 0 bridgehead atoms. The third kappa shape index (κ3) is 5.23. The zero-order valence-electron chi connectivity index (χ0n) is 13.7. The van der Waals surface area contributed by atoms with Gasteiger partial charge in [-0.05, 0) is 52.7 Å². The van der Waals surface area contributed by atoms with E-state index < -0.39 is 0 Å². The average Bonchev–Trinajstić information content (AvgIpc) is 2.59. The van der Waals surface area contributed by atoms with Crippen LogP contribution < -0.4 is 10.5 Å². The third-order valence-corrected chi connectivity index (χ3v) is 4.41. The van der Waals surface area contributed by atoms with Gasteiger partial charge < -0.3 is 15.4 Å². The van der Waals surface area contributed by atoms with Gasteiger partial charge in [0.1, 0.15) is 12.4 Å². The van der Waals surface area contributed by atoms with Crippen molar-refractivity contribution in [3.63, 3.8) is 0 Å². The van der Waals surface area contributed by atoms with E-state index in [9.17, 15) is 4.79 Å². The van der Waals surface area contributed by atoms with Gasteiger partial charge in [0, 0.05) is 25.2 Å². The second-order valence-corrected chi connectivity index (χ2v) is 6.27. The monoisotopic (exact) mass is 412 g/mol. The quantitative estimate of drug-likeness (QED) is 0.782. The highest BCUT2D eigenvalue weighted by molar-refractivity contribution is 9.10. The van der Waals surface area contributed by atoms with Crippen molar-refractivity contribution in [1.82, 2.24) is 4.90 Å². The molecule has 2 aromatic carbocycles. The highest BCUT2D eigenvalue weighted by Gasteiger charge is 2.16. The first-order valence-corrected chi connectivity index (χ1v) is 8.25. The fourth-order valence-electron chi connectivity index (χ4n) is 2.03. The lowest BCUT2D eigenvalue weighted by molar-refractivity contribution is 0.0748. The van der Waals surface area contributed by atoms with Crippen LogP contribution in [0.3, 0.4) is 0 Å². The van der Waals surface area contributed by atoms with Crippen LogP contribution in [0.1, 0.15) is 22.8 Å². The number of likely N-dealkylation sites (N-methyl/N-ethyl adjacent to an activating group) is 1. The Morgan fingerprint density at radius 2 is 1.83 bits per heavy atom. The van der Waals surface area contributed by atoms with Crippen LogP contribution >= 0.6 is 28.3 Å². The molecule has 1 atom stereocenters. The maximum atomic E-state index is 12.3. The fraction of sp³-hybridized carbons (Fsp3) is 0.278. The lowest BCUT2D eigenvalue weighted by Gasteiger charge is -2.23. The van der Waals surface area contributed by atoms with Crippen molar-refractivity contribution in [2.75, 3.05) is 13.6 Å². The zero-order chi connectivity index (χ0) is 16.8. The van der Waals surface area contributed by atoms with Gasteiger partial charge in [-0.15, -0.1) is 12.4 Å². The minimum Gasteiger partial charge on any atom is -0.488 e. The number of hydrogen-bond donors (Lipinski definition) is 1. The molecule has 0 saturated heterocycles. The van der Waals surface area contributed by atoms with Crippen LogP contribution in [0.5, 0.6) is 5.75 Å². The van der Waals surface area contributed by atoms with E-state index in [1.807, 2.05) is 55.5 Å². The molecule has 0 aromatic heterocycles. The zero-order valence-corrected chi connectivity index (χ0v) is 16.1. The Kier molecular flexibility index (Phi) is 8.25. The molecule has 0 aliphatic heterocycles. The summed E-state index contributed by atoms with van der Waals surface area (Å²) in [5, 5.41) is 0. The van der Waals surface area contributed by atoms with Crippen LogP contribution in [-0.4, -0.2) is 30.4 Å². The van der Waals surface area contributed by atoms with Gasteiger partial charge in [0.2, 0.25) is 0 Å². The Morgan fingerprint density at radius 3 is 2.42 bits per heavy atom. The summed E-state index contributed by atoms with van der Waals surface area (Å²) in [5.41, 5.74) is 7.26. The number of benzene rings is 2. The standard InChI is InChI=1S/C18H21BrN2O2.ClH/c1-13(11-20)21(2)18(22)15-9-7-14(8-10-15)12-23-17-6-4-3-5-16(17)19;/h3-10,13H,11-12,20H2,1-2H3;1H. The highest BCUT2D eigenvalue weighted by Crippen LogP contribution is 2.24. The van der Waals surface area contributed by atoms with Crippen LogP contribution in [0.2, 0.25) is 0 Å². The van der Waals surface area contributed by atoms with E-state index in [0.717, 1.165) is 15.8 Å². The van der Waals surface area contributed by atoms with E-state index in [1.54, 1.807) is 11.9 Å². The maximum Gasteiger partial charge on any atom is 0.253 e. The van der Waals surface area contributed by atoms with Crippen molar-refractivity contribution in [2.24, 2.45) is 5.73 Å². The maximum absolute atomic E-state index is 12.3. The fourth-order valence-corrected chi connectivity index (χ4v) is 2.43. The highest BCUT2D eigenvalue weighted by atomic mass is 79.9. The second kappa shape index (κ2) is 9.67. The van der Waals surface area contributed by atoms with Crippen LogP contribution in [0.15, 0.2) is 53.0 Å². The summed E-state index contributed by atoms with van der Waals surface area (Å²) in [4.78, 5) is 14.0. The summed E-state index contributed by atoms with van der Waals surface area (Å²) in [6, 6.07) is 15.2. The van der Waals surface area contributed by atoms with Gasteiger partial charge in [0.15, 0.2) is 0 Å². The summed E-state index contributed by atoms with van der Waals surface area (Å²) in [7, 11) is 1.77. The molecule has 0 aliphatic rings. The SMILES string of the molecule is CC(CN)N(C)C(=O)c1ccc(COc2ccccc2Br)cc1.Cl. The van der Waals surface area contributed by atoms with Gasteiger partial charge in [-0.3, -0.25) is 4.79 Å². The summed E-state index contributed by atoms with van der Waals surface area (Å²) in [6.45, 7) is 2.82. The molecule has 1 amide bonds. The predicted molar refractivity (Wildman–Crippen MR) is 103 cm³/mol. The van der Waals surface area contributed by atoms with Crippen molar-refractivity contribution >= 4 is 34.2 Å². The van der Waals surface area contributed by atoms with Gasteiger partial charge in [0.05, 0.1) is 4.47 Å². The van der Waals surface area contributed by atoms with E-state index in [0.29, 0.717) is 18.7 Å². The lowest BCUT2D eigenvalue weighted by atomic mass is 10.1. The first kappa shape index (κ1) is 20.5. The molecule has 0 fully saturated rings. The Labute approximate surface area is 157 Å². The normalized spacial score (nSPS) is 11.3. The molecule has 0 radical (unpaired) electrons. The summed E-state index contributed by atoms with van der Waals surface area (Å²) in [5.74, 6) is 0.769. The minimum atomic E-state index is -0.0266. The summed E-state index contributed by atoms with van der Waals surface area (Å²) < 4.78 is 6.69.